The van der Waals surface area contributed by atoms with Crippen LogP contribution < -0.4 is 11.3 Å². The summed E-state index contributed by atoms with van der Waals surface area (Å²) in [6, 6.07) is 4.78. The highest BCUT2D eigenvalue weighted by molar-refractivity contribution is 7.12. The van der Waals surface area contributed by atoms with Gasteiger partial charge in [-0.2, -0.15) is 0 Å². The first-order valence-electron chi connectivity index (χ1n) is 6.36. The number of unbranched alkanes of at least 4 members (excludes halogenated alkanes) is 3. The molecule has 1 atom stereocenters. The molecule has 0 fully saturated rings. The summed E-state index contributed by atoms with van der Waals surface area (Å²) in [6.07, 6.45) is 7.49. The molecule has 1 aromatic rings. The molecule has 3 N–H and O–H groups in total. The number of thiophene rings is 1. The lowest BCUT2D eigenvalue weighted by Crippen LogP contribution is -2.27. The molecule has 0 radical (unpaired) electrons. The van der Waals surface area contributed by atoms with Gasteiger partial charge in [0.2, 0.25) is 0 Å². The lowest BCUT2D eigenvalue weighted by atomic mass is 10.1. The highest BCUT2D eigenvalue weighted by atomic mass is 32.1. The maximum Gasteiger partial charge on any atom is 0.0553 e. The van der Waals surface area contributed by atoms with Crippen LogP contribution >= 0.6 is 11.3 Å². The monoisotopic (exact) mass is 240 g/mol. The summed E-state index contributed by atoms with van der Waals surface area (Å²) in [7, 11) is 0. The van der Waals surface area contributed by atoms with Gasteiger partial charge in [0.25, 0.3) is 0 Å². The third-order valence-electron chi connectivity index (χ3n) is 2.92. The van der Waals surface area contributed by atoms with Crippen LogP contribution in [0.4, 0.5) is 0 Å². The Morgan fingerprint density at radius 1 is 1.25 bits per heavy atom. The van der Waals surface area contributed by atoms with Gasteiger partial charge in [0, 0.05) is 9.75 Å². The van der Waals surface area contributed by atoms with Crippen molar-refractivity contribution in [1.82, 2.24) is 5.43 Å². The topological polar surface area (TPSA) is 38.0 Å². The molecule has 1 aromatic heterocycles. The minimum atomic E-state index is 0.349. The highest BCUT2D eigenvalue weighted by Gasteiger charge is 2.11. The van der Waals surface area contributed by atoms with Gasteiger partial charge in [0.1, 0.15) is 0 Å². The number of hydrazine groups is 1. The quantitative estimate of drug-likeness (QED) is 0.412. The first kappa shape index (κ1) is 13.7. The number of nitrogens with two attached hydrogens (primary N) is 1. The van der Waals surface area contributed by atoms with Gasteiger partial charge in [-0.15, -0.1) is 11.3 Å². The van der Waals surface area contributed by atoms with Crippen molar-refractivity contribution >= 4 is 11.3 Å². The largest absolute Gasteiger partial charge is 0.271 e. The summed E-state index contributed by atoms with van der Waals surface area (Å²) < 4.78 is 0. The second kappa shape index (κ2) is 7.82. The minimum Gasteiger partial charge on any atom is -0.271 e. The Balaban J connectivity index is 2.40. The van der Waals surface area contributed by atoms with E-state index < -0.39 is 0 Å². The Morgan fingerprint density at radius 2 is 2.06 bits per heavy atom. The van der Waals surface area contributed by atoms with E-state index in [1.54, 1.807) is 0 Å². The van der Waals surface area contributed by atoms with Crippen LogP contribution in [-0.2, 0) is 6.42 Å². The number of nitrogens with one attached hydrogen (secondary N) is 1. The fraction of sp³-hybridized carbons (Fsp3) is 0.692. The van der Waals surface area contributed by atoms with Crippen LogP contribution in [0.1, 0.15) is 61.7 Å². The number of hydrogen-bond donors (Lipinski definition) is 2. The molecule has 0 aliphatic carbocycles. The molecule has 92 valence electrons. The maximum absolute atomic E-state index is 5.63. The Kier molecular flexibility index (Phi) is 6.69. The van der Waals surface area contributed by atoms with E-state index in [4.69, 9.17) is 5.84 Å². The van der Waals surface area contributed by atoms with Gasteiger partial charge in [0.15, 0.2) is 0 Å². The normalized spacial score (nSPS) is 12.9. The standard InChI is InChI=1S/C13H24N2S/c1-3-5-6-7-8-12(15-14)13-10-9-11(4-2)16-13/h9-10,12,15H,3-8,14H2,1-2H3. The van der Waals surface area contributed by atoms with Crippen LogP contribution in [0.3, 0.4) is 0 Å². The molecular weight excluding hydrogens is 216 g/mol. The zero-order chi connectivity index (χ0) is 11.8. The van der Waals surface area contributed by atoms with E-state index >= 15 is 0 Å². The average molecular weight is 240 g/mol. The summed E-state index contributed by atoms with van der Waals surface area (Å²) >= 11 is 1.89. The average Bonchev–Trinajstić information content (AvgIpc) is 2.78. The summed E-state index contributed by atoms with van der Waals surface area (Å²) in [4.78, 5) is 2.83. The smallest absolute Gasteiger partial charge is 0.0553 e. The molecule has 1 unspecified atom stereocenters. The van der Waals surface area contributed by atoms with Crippen molar-refractivity contribution in [3.63, 3.8) is 0 Å². The zero-order valence-corrected chi connectivity index (χ0v) is 11.3. The zero-order valence-electron chi connectivity index (χ0n) is 10.5. The van der Waals surface area contributed by atoms with Crippen LogP contribution in [0.25, 0.3) is 0 Å². The molecule has 0 saturated heterocycles. The predicted molar refractivity (Wildman–Crippen MR) is 72.5 cm³/mol. The first-order chi connectivity index (χ1) is 7.81. The summed E-state index contributed by atoms with van der Waals surface area (Å²) in [5, 5.41) is 0. The van der Waals surface area contributed by atoms with Crippen molar-refractivity contribution in [2.75, 3.05) is 0 Å². The van der Waals surface area contributed by atoms with Crippen LogP contribution in [0, 0.1) is 0 Å². The summed E-state index contributed by atoms with van der Waals surface area (Å²) in [5.74, 6) is 5.63. The molecule has 1 heterocycles. The van der Waals surface area contributed by atoms with Gasteiger partial charge >= 0.3 is 0 Å². The SMILES string of the molecule is CCCCCCC(NN)c1ccc(CC)s1. The molecule has 0 amide bonds. The molecular formula is C13H24N2S. The summed E-state index contributed by atoms with van der Waals surface area (Å²) in [5.41, 5.74) is 2.94. The van der Waals surface area contributed by atoms with Gasteiger partial charge in [0.05, 0.1) is 6.04 Å². The maximum atomic E-state index is 5.63. The molecule has 3 heteroatoms. The van der Waals surface area contributed by atoms with E-state index in [-0.39, 0.29) is 0 Å². The lowest BCUT2D eigenvalue weighted by Gasteiger charge is -2.13. The predicted octanol–water partition coefficient (Wildman–Crippen LogP) is 3.79. The van der Waals surface area contributed by atoms with Crippen molar-refractivity contribution in [3.05, 3.63) is 21.9 Å². The van der Waals surface area contributed by atoms with E-state index in [1.165, 1.54) is 35.4 Å². The van der Waals surface area contributed by atoms with E-state index in [0.717, 1.165) is 12.8 Å². The Hall–Kier alpha value is -0.380. The van der Waals surface area contributed by atoms with E-state index in [2.05, 4.69) is 31.4 Å². The molecule has 1 rings (SSSR count). The molecule has 0 bridgehead atoms. The third kappa shape index (κ3) is 4.24. The van der Waals surface area contributed by atoms with Gasteiger partial charge in [-0.1, -0.05) is 39.5 Å². The van der Waals surface area contributed by atoms with Crippen molar-refractivity contribution in [3.8, 4) is 0 Å². The fourth-order valence-corrected chi connectivity index (χ4v) is 2.90. The Bertz CT molecular complexity index is 283. The van der Waals surface area contributed by atoms with Crippen LogP contribution in [-0.4, -0.2) is 0 Å². The van der Waals surface area contributed by atoms with E-state index in [0.29, 0.717) is 6.04 Å². The highest BCUT2D eigenvalue weighted by Crippen LogP contribution is 2.26. The molecule has 0 saturated carbocycles. The number of hydrogen-bond acceptors (Lipinski definition) is 3. The van der Waals surface area contributed by atoms with Crippen molar-refractivity contribution in [2.24, 2.45) is 5.84 Å². The van der Waals surface area contributed by atoms with Gasteiger partial charge in [-0.25, -0.2) is 0 Å². The second-order valence-electron chi connectivity index (χ2n) is 4.23. The van der Waals surface area contributed by atoms with Crippen LogP contribution in [0.5, 0.6) is 0 Å². The van der Waals surface area contributed by atoms with Crippen molar-refractivity contribution in [1.29, 1.82) is 0 Å². The van der Waals surface area contributed by atoms with E-state index in [9.17, 15) is 0 Å². The van der Waals surface area contributed by atoms with Crippen LogP contribution in [0.15, 0.2) is 12.1 Å². The molecule has 0 aliphatic heterocycles. The molecule has 0 aliphatic rings. The first-order valence-corrected chi connectivity index (χ1v) is 7.18. The lowest BCUT2D eigenvalue weighted by molar-refractivity contribution is 0.488. The van der Waals surface area contributed by atoms with Crippen LogP contribution in [0.2, 0.25) is 0 Å². The molecule has 16 heavy (non-hydrogen) atoms. The van der Waals surface area contributed by atoms with Gasteiger partial charge in [-0.05, 0) is 25.0 Å². The Morgan fingerprint density at radius 3 is 2.62 bits per heavy atom. The van der Waals surface area contributed by atoms with Gasteiger partial charge < -0.3 is 0 Å². The number of aryl methyl sites for hydroxylation is 1. The number of rotatable bonds is 8. The molecule has 2 nitrogen and oxygen atoms in total. The second-order valence-corrected chi connectivity index (χ2v) is 5.43. The minimum absolute atomic E-state index is 0.349. The Labute approximate surface area is 103 Å². The van der Waals surface area contributed by atoms with E-state index in [1.807, 2.05) is 11.3 Å². The third-order valence-corrected chi connectivity index (χ3v) is 4.27. The summed E-state index contributed by atoms with van der Waals surface area (Å²) in [6.45, 7) is 4.44. The molecule has 0 spiro atoms. The fourth-order valence-electron chi connectivity index (χ4n) is 1.85. The van der Waals surface area contributed by atoms with Crippen molar-refractivity contribution in [2.45, 2.75) is 58.4 Å². The van der Waals surface area contributed by atoms with Crippen molar-refractivity contribution < 1.29 is 0 Å². The van der Waals surface area contributed by atoms with Gasteiger partial charge in [-0.3, -0.25) is 11.3 Å². The molecule has 0 aromatic carbocycles.